The van der Waals surface area contributed by atoms with Crippen LogP contribution in [0.4, 0.5) is 0 Å². The largest absolute Gasteiger partial charge is 0.298 e. The van der Waals surface area contributed by atoms with Gasteiger partial charge in [0.15, 0.2) is 11.6 Å². The van der Waals surface area contributed by atoms with Gasteiger partial charge in [-0.15, -0.1) is 0 Å². The van der Waals surface area contributed by atoms with Crippen molar-refractivity contribution in [3.8, 4) is 0 Å². The van der Waals surface area contributed by atoms with E-state index in [0.717, 1.165) is 6.20 Å². The van der Waals surface area contributed by atoms with Crippen LogP contribution < -0.4 is 0 Å². The van der Waals surface area contributed by atoms with Gasteiger partial charge in [-0.3, -0.25) is 23.7 Å². The molecule has 2 aromatic carbocycles. The Balaban J connectivity index is 0.000000248. The minimum atomic E-state index is -4.02. The SMILES string of the molecule is CC(C)(C)COS(=O)(=O)c1cncc(C(=O)c2cc(Cl)ccc2Cl)c1.O=C(c1cccnc1)c1cc(Cl)ccc1Cl. The Bertz CT molecular complexity index is 1670. The Kier molecular flexibility index (Phi) is 11.1. The highest BCUT2D eigenvalue weighted by molar-refractivity contribution is 7.86. The second-order valence-corrected chi connectivity index (χ2v) is 13.1. The molecule has 2 aromatic heterocycles. The third-order valence-corrected chi connectivity index (χ3v) is 7.54. The zero-order valence-electron chi connectivity index (χ0n) is 22.1. The van der Waals surface area contributed by atoms with E-state index in [2.05, 4.69) is 9.97 Å². The molecule has 0 amide bonds. The summed E-state index contributed by atoms with van der Waals surface area (Å²) in [7, 11) is -4.02. The van der Waals surface area contributed by atoms with E-state index in [1.165, 1.54) is 30.6 Å². The van der Waals surface area contributed by atoms with Crippen molar-refractivity contribution >= 4 is 68.1 Å². The summed E-state index contributed by atoms with van der Waals surface area (Å²) in [6, 6.07) is 13.9. The molecule has 0 saturated carbocycles. The van der Waals surface area contributed by atoms with Gasteiger partial charge in [-0.05, 0) is 60.0 Å². The van der Waals surface area contributed by atoms with Crippen LogP contribution in [0.15, 0.2) is 84.3 Å². The monoisotopic (exact) mass is 652 g/mol. The van der Waals surface area contributed by atoms with Crippen molar-refractivity contribution in [1.82, 2.24) is 9.97 Å². The van der Waals surface area contributed by atoms with Crippen LogP contribution in [0.25, 0.3) is 0 Å². The first-order valence-electron chi connectivity index (χ1n) is 11.9. The van der Waals surface area contributed by atoms with Gasteiger partial charge in [-0.1, -0.05) is 67.2 Å². The van der Waals surface area contributed by atoms with Gasteiger partial charge in [0.2, 0.25) is 0 Å². The summed E-state index contributed by atoms with van der Waals surface area (Å²) in [5.41, 5.74) is 0.793. The van der Waals surface area contributed by atoms with Crippen LogP contribution in [0.5, 0.6) is 0 Å². The van der Waals surface area contributed by atoms with Crippen LogP contribution in [0.3, 0.4) is 0 Å². The Morgan fingerprint density at radius 3 is 1.80 bits per heavy atom. The smallest absolute Gasteiger partial charge is 0.288 e. The lowest BCUT2D eigenvalue weighted by Crippen LogP contribution is -2.19. The van der Waals surface area contributed by atoms with E-state index in [1.807, 2.05) is 20.8 Å². The van der Waals surface area contributed by atoms with Gasteiger partial charge in [0.1, 0.15) is 4.90 Å². The van der Waals surface area contributed by atoms with Gasteiger partial charge in [-0.25, -0.2) is 0 Å². The van der Waals surface area contributed by atoms with Crippen molar-refractivity contribution in [3.63, 3.8) is 0 Å². The molecule has 0 radical (unpaired) electrons. The molecular formula is C29H24Cl4N2O5S. The molecule has 0 spiro atoms. The third kappa shape index (κ3) is 9.33. The highest BCUT2D eigenvalue weighted by atomic mass is 35.5. The van der Waals surface area contributed by atoms with E-state index in [-0.39, 0.29) is 38.9 Å². The molecule has 0 N–H and O–H groups in total. The number of carbonyl (C=O) groups is 2. The second kappa shape index (κ2) is 13.9. The number of hydrogen-bond donors (Lipinski definition) is 0. The summed E-state index contributed by atoms with van der Waals surface area (Å²) in [6.45, 7) is 5.55. The molecule has 4 aromatic rings. The molecule has 0 aliphatic heterocycles. The van der Waals surface area contributed by atoms with Crippen molar-refractivity contribution in [2.75, 3.05) is 6.61 Å². The number of benzene rings is 2. The van der Waals surface area contributed by atoms with Crippen LogP contribution in [0.1, 0.15) is 52.6 Å². The number of aromatic nitrogens is 2. The van der Waals surface area contributed by atoms with E-state index in [1.54, 1.807) is 42.6 Å². The second-order valence-electron chi connectivity index (χ2n) is 9.83. The van der Waals surface area contributed by atoms with E-state index >= 15 is 0 Å². The van der Waals surface area contributed by atoms with E-state index in [4.69, 9.17) is 50.6 Å². The molecule has 0 aliphatic rings. The first-order valence-corrected chi connectivity index (χ1v) is 14.8. The summed E-state index contributed by atoms with van der Waals surface area (Å²) in [5, 5.41) is 1.43. The normalized spacial score (nSPS) is 11.4. The molecule has 41 heavy (non-hydrogen) atoms. The van der Waals surface area contributed by atoms with Gasteiger partial charge in [0.25, 0.3) is 10.1 Å². The number of hydrogen-bond acceptors (Lipinski definition) is 7. The predicted octanol–water partition coefficient (Wildman–Crippen LogP) is 7.99. The lowest BCUT2D eigenvalue weighted by Gasteiger charge is -2.17. The molecule has 0 atom stereocenters. The van der Waals surface area contributed by atoms with Crippen molar-refractivity contribution in [2.45, 2.75) is 25.7 Å². The Morgan fingerprint density at radius 1 is 0.756 bits per heavy atom. The molecule has 214 valence electrons. The van der Waals surface area contributed by atoms with Crippen LogP contribution in [-0.4, -0.2) is 36.6 Å². The van der Waals surface area contributed by atoms with Crippen LogP contribution in [0.2, 0.25) is 20.1 Å². The first kappa shape index (κ1) is 32.7. The van der Waals surface area contributed by atoms with Gasteiger partial charge >= 0.3 is 0 Å². The predicted molar refractivity (Wildman–Crippen MR) is 161 cm³/mol. The average Bonchev–Trinajstić information content (AvgIpc) is 2.94. The average molecular weight is 654 g/mol. The highest BCUT2D eigenvalue weighted by Gasteiger charge is 2.23. The van der Waals surface area contributed by atoms with Gasteiger partial charge < -0.3 is 0 Å². The molecule has 0 bridgehead atoms. The molecule has 0 unspecified atom stereocenters. The molecule has 12 heteroatoms. The van der Waals surface area contributed by atoms with Gasteiger partial charge in [0, 0.05) is 57.1 Å². The Morgan fingerprint density at radius 2 is 1.29 bits per heavy atom. The standard InChI is InChI=1S/C17H17Cl2NO4S.C12H7Cl2NO/c1-17(2,3)10-24-25(22,23)13-6-11(8-20-9-13)16(21)14-7-12(18)4-5-15(14)19;13-9-3-4-11(14)10(6-9)12(16)8-2-1-5-15-7-8/h4-9H,10H2,1-3H3;1-7H. The highest BCUT2D eigenvalue weighted by Crippen LogP contribution is 2.25. The summed E-state index contributed by atoms with van der Waals surface area (Å²) in [5.74, 6) is -0.659. The van der Waals surface area contributed by atoms with Crippen molar-refractivity contribution < 1.29 is 22.2 Å². The fourth-order valence-electron chi connectivity index (χ4n) is 3.15. The molecule has 0 aliphatic carbocycles. The summed E-state index contributed by atoms with van der Waals surface area (Å²) < 4.78 is 29.6. The molecular weight excluding hydrogens is 630 g/mol. The van der Waals surface area contributed by atoms with Gasteiger partial charge in [0.05, 0.1) is 16.7 Å². The number of halogens is 4. The van der Waals surface area contributed by atoms with Crippen molar-refractivity contribution in [2.24, 2.45) is 5.41 Å². The molecule has 7 nitrogen and oxygen atoms in total. The van der Waals surface area contributed by atoms with E-state index < -0.39 is 15.9 Å². The zero-order valence-corrected chi connectivity index (χ0v) is 25.9. The summed E-state index contributed by atoms with van der Waals surface area (Å²) in [4.78, 5) is 32.2. The first-order chi connectivity index (χ1) is 19.2. The van der Waals surface area contributed by atoms with Crippen LogP contribution in [0, 0.1) is 5.41 Å². The maximum Gasteiger partial charge on any atom is 0.298 e. The van der Waals surface area contributed by atoms with Crippen LogP contribution >= 0.6 is 46.4 Å². The third-order valence-electron chi connectivity index (χ3n) is 5.18. The topological polar surface area (TPSA) is 103 Å². The number of rotatable bonds is 7. The molecule has 4 rings (SSSR count). The maximum atomic E-state index is 12.6. The number of carbonyl (C=O) groups excluding carboxylic acids is 2. The minimum absolute atomic E-state index is 0.00757. The van der Waals surface area contributed by atoms with Crippen molar-refractivity contribution in [3.05, 3.63) is 122 Å². The van der Waals surface area contributed by atoms with E-state index in [0.29, 0.717) is 26.2 Å². The Hall–Kier alpha value is -2.85. The summed E-state index contributed by atoms with van der Waals surface area (Å²) >= 11 is 23.7. The van der Waals surface area contributed by atoms with Gasteiger partial charge in [-0.2, -0.15) is 8.42 Å². The molecule has 2 heterocycles. The fraction of sp³-hybridized carbons (Fsp3) is 0.172. The number of pyridine rings is 2. The lowest BCUT2D eigenvalue weighted by molar-refractivity contribution is 0.103. The summed E-state index contributed by atoms with van der Waals surface area (Å²) in [6.07, 6.45) is 5.51. The van der Waals surface area contributed by atoms with Crippen LogP contribution in [-0.2, 0) is 14.3 Å². The zero-order chi connectivity index (χ0) is 30.4. The minimum Gasteiger partial charge on any atom is -0.288 e. The molecule has 0 saturated heterocycles. The number of ketones is 2. The maximum absolute atomic E-state index is 12.6. The fourth-order valence-corrected chi connectivity index (χ4v) is 5.01. The lowest BCUT2D eigenvalue weighted by atomic mass is 9.99. The molecule has 0 fully saturated rings. The quantitative estimate of drug-likeness (QED) is 0.147. The Labute approximate surface area is 258 Å². The van der Waals surface area contributed by atoms with E-state index in [9.17, 15) is 18.0 Å². The van der Waals surface area contributed by atoms with Crippen molar-refractivity contribution in [1.29, 1.82) is 0 Å². The number of nitrogens with zero attached hydrogens (tertiary/aromatic N) is 2.